The van der Waals surface area contributed by atoms with Crippen molar-refractivity contribution in [1.82, 2.24) is 10.2 Å². The van der Waals surface area contributed by atoms with E-state index in [9.17, 15) is 0 Å². The van der Waals surface area contributed by atoms with E-state index in [2.05, 4.69) is 16.8 Å². The van der Waals surface area contributed by atoms with Crippen molar-refractivity contribution in [1.29, 1.82) is 0 Å². The van der Waals surface area contributed by atoms with E-state index in [0.29, 0.717) is 0 Å². The lowest BCUT2D eigenvalue weighted by atomic mass is 9.96. The van der Waals surface area contributed by atoms with E-state index in [1.165, 1.54) is 19.3 Å². The molecule has 4 heteroatoms. The summed E-state index contributed by atoms with van der Waals surface area (Å²) in [7, 11) is 2.04. The van der Waals surface area contributed by atoms with Crippen molar-refractivity contribution in [2.45, 2.75) is 19.3 Å². The largest absolute Gasteiger partial charge is 0.381 e. The van der Waals surface area contributed by atoms with Gasteiger partial charge in [0.2, 0.25) is 0 Å². The van der Waals surface area contributed by atoms with Crippen LogP contribution in [0.4, 0.5) is 0 Å². The van der Waals surface area contributed by atoms with Crippen LogP contribution >= 0.6 is 12.2 Å². The van der Waals surface area contributed by atoms with Crippen LogP contribution in [0.2, 0.25) is 0 Å². The molecule has 1 aliphatic rings. The Labute approximate surface area is 104 Å². The van der Waals surface area contributed by atoms with Crippen LogP contribution in [0.25, 0.3) is 0 Å². The molecule has 0 unspecified atom stereocenters. The minimum absolute atomic E-state index is 0.737. The fourth-order valence-corrected chi connectivity index (χ4v) is 1.98. The molecule has 0 atom stereocenters. The van der Waals surface area contributed by atoms with Crippen molar-refractivity contribution in [3.05, 3.63) is 12.7 Å². The van der Waals surface area contributed by atoms with Gasteiger partial charge in [0, 0.05) is 33.4 Å². The van der Waals surface area contributed by atoms with Crippen LogP contribution in [-0.4, -0.2) is 43.4 Å². The van der Waals surface area contributed by atoms with E-state index in [0.717, 1.165) is 37.3 Å². The van der Waals surface area contributed by atoms with E-state index in [-0.39, 0.29) is 0 Å². The van der Waals surface area contributed by atoms with Crippen molar-refractivity contribution in [3.63, 3.8) is 0 Å². The third kappa shape index (κ3) is 4.94. The molecule has 0 amide bonds. The molecule has 1 saturated heterocycles. The highest BCUT2D eigenvalue weighted by atomic mass is 32.1. The maximum atomic E-state index is 5.34. The van der Waals surface area contributed by atoms with E-state index in [1.807, 2.05) is 13.1 Å². The molecule has 0 aliphatic carbocycles. The van der Waals surface area contributed by atoms with E-state index >= 15 is 0 Å². The molecule has 0 aromatic rings. The molecule has 1 N–H and O–H groups in total. The lowest BCUT2D eigenvalue weighted by Crippen LogP contribution is -2.38. The number of hydrogen-bond acceptors (Lipinski definition) is 2. The van der Waals surface area contributed by atoms with Crippen molar-refractivity contribution in [2.24, 2.45) is 5.92 Å². The van der Waals surface area contributed by atoms with Crippen molar-refractivity contribution in [3.8, 4) is 0 Å². The normalized spacial score (nSPS) is 16.8. The maximum Gasteiger partial charge on any atom is 0.168 e. The number of thiocarbonyl (C=S) groups is 1. The number of ether oxygens (including phenoxy) is 1. The van der Waals surface area contributed by atoms with Gasteiger partial charge in [0.25, 0.3) is 0 Å². The summed E-state index contributed by atoms with van der Waals surface area (Å²) < 4.78 is 5.34. The van der Waals surface area contributed by atoms with Crippen molar-refractivity contribution in [2.75, 3.05) is 33.4 Å². The molecule has 16 heavy (non-hydrogen) atoms. The first kappa shape index (κ1) is 13.5. The van der Waals surface area contributed by atoms with Crippen molar-refractivity contribution < 1.29 is 4.74 Å². The molecule has 0 saturated carbocycles. The second-order valence-electron chi connectivity index (χ2n) is 4.24. The average molecular weight is 242 g/mol. The first-order valence-electron chi connectivity index (χ1n) is 5.91. The third-order valence-electron chi connectivity index (χ3n) is 2.96. The topological polar surface area (TPSA) is 24.5 Å². The van der Waals surface area contributed by atoms with E-state index in [4.69, 9.17) is 17.0 Å². The Bertz CT molecular complexity index is 227. The highest BCUT2D eigenvalue weighted by molar-refractivity contribution is 7.80. The molecule has 0 aromatic carbocycles. The fraction of sp³-hybridized carbons (Fsp3) is 0.750. The minimum atomic E-state index is 0.737. The van der Waals surface area contributed by atoms with Gasteiger partial charge in [-0.05, 0) is 37.4 Å². The van der Waals surface area contributed by atoms with Crippen LogP contribution in [0.3, 0.4) is 0 Å². The van der Waals surface area contributed by atoms with Gasteiger partial charge in [-0.25, -0.2) is 0 Å². The summed E-state index contributed by atoms with van der Waals surface area (Å²) >= 11 is 5.25. The van der Waals surface area contributed by atoms with Crippen LogP contribution < -0.4 is 5.32 Å². The Morgan fingerprint density at radius 1 is 1.56 bits per heavy atom. The van der Waals surface area contributed by atoms with Crippen LogP contribution in [0.1, 0.15) is 19.3 Å². The highest BCUT2D eigenvalue weighted by Gasteiger charge is 2.14. The molecule has 3 nitrogen and oxygen atoms in total. The third-order valence-corrected chi connectivity index (χ3v) is 3.41. The monoisotopic (exact) mass is 242 g/mol. The lowest BCUT2D eigenvalue weighted by Gasteiger charge is -2.26. The first-order valence-corrected chi connectivity index (χ1v) is 6.32. The molecule has 92 valence electrons. The van der Waals surface area contributed by atoms with Gasteiger partial charge < -0.3 is 15.0 Å². The lowest BCUT2D eigenvalue weighted by molar-refractivity contribution is 0.0626. The molecule has 1 heterocycles. The summed E-state index contributed by atoms with van der Waals surface area (Å²) in [4.78, 5) is 2.11. The number of hydrogen-bond donors (Lipinski definition) is 1. The van der Waals surface area contributed by atoms with E-state index < -0.39 is 0 Å². The standard InChI is InChI=1S/C12H22N2OS/c1-3-7-13-12(16)14(2)8-4-11-5-9-15-10-6-11/h3,11H,1,4-10H2,2H3,(H,13,16). The Morgan fingerprint density at radius 2 is 2.25 bits per heavy atom. The van der Waals surface area contributed by atoms with E-state index in [1.54, 1.807) is 0 Å². The number of rotatable bonds is 5. The highest BCUT2D eigenvalue weighted by Crippen LogP contribution is 2.18. The van der Waals surface area contributed by atoms with Gasteiger partial charge in [-0.15, -0.1) is 6.58 Å². The van der Waals surface area contributed by atoms with Gasteiger partial charge in [0.05, 0.1) is 0 Å². The SMILES string of the molecule is C=CCNC(=S)N(C)CCC1CCOCC1. The number of nitrogens with zero attached hydrogens (tertiary/aromatic N) is 1. The molecule has 1 aliphatic heterocycles. The number of nitrogens with one attached hydrogen (secondary N) is 1. The first-order chi connectivity index (χ1) is 7.74. The van der Waals surface area contributed by atoms with Crippen LogP contribution in [0, 0.1) is 5.92 Å². The fourth-order valence-electron chi connectivity index (χ4n) is 1.81. The predicted molar refractivity (Wildman–Crippen MR) is 71.6 cm³/mol. The van der Waals surface area contributed by atoms with Crippen LogP contribution in [0.15, 0.2) is 12.7 Å². The molecule has 0 aromatic heterocycles. The zero-order chi connectivity index (χ0) is 11.8. The van der Waals surface area contributed by atoms with Gasteiger partial charge in [-0.1, -0.05) is 6.08 Å². The Hall–Kier alpha value is -0.610. The Balaban J connectivity index is 2.15. The summed E-state index contributed by atoms with van der Waals surface area (Å²) in [6.45, 7) is 7.26. The quantitative estimate of drug-likeness (QED) is 0.587. The van der Waals surface area contributed by atoms with Crippen molar-refractivity contribution >= 4 is 17.3 Å². The second kappa shape index (κ2) is 7.63. The predicted octanol–water partition coefficient (Wildman–Crippen LogP) is 1.80. The molecule has 1 rings (SSSR count). The smallest absolute Gasteiger partial charge is 0.168 e. The Kier molecular flexibility index (Phi) is 6.42. The zero-order valence-electron chi connectivity index (χ0n) is 10.1. The second-order valence-corrected chi connectivity index (χ2v) is 4.63. The molecule has 1 fully saturated rings. The Morgan fingerprint density at radius 3 is 2.88 bits per heavy atom. The summed E-state index contributed by atoms with van der Waals surface area (Å²) in [6, 6.07) is 0. The molecule has 0 bridgehead atoms. The van der Waals surface area contributed by atoms with Crippen LogP contribution in [0.5, 0.6) is 0 Å². The summed E-state index contributed by atoms with van der Waals surface area (Å²) in [5.41, 5.74) is 0. The minimum Gasteiger partial charge on any atom is -0.381 e. The maximum absolute atomic E-state index is 5.34. The summed E-state index contributed by atoms with van der Waals surface area (Å²) in [5, 5.41) is 3.95. The molecular formula is C12H22N2OS. The van der Waals surface area contributed by atoms with Crippen LogP contribution in [-0.2, 0) is 4.74 Å². The molecule has 0 radical (unpaired) electrons. The van der Waals surface area contributed by atoms with Gasteiger partial charge in [-0.2, -0.15) is 0 Å². The van der Waals surface area contributed by atoms with Gasteiger partial charge in [-0.3, -0.25) is 0 Å². The molecule has 0 spiro atoms. The van der Waals surface area contributed by atoms with Gasteiger partial charge in [0.1, 0.15) is 0 Å². The zero-order valence-corrected chi connectivity index (χ0v) is 10.9. The summed E-state index contributed by atoms with van der Waals surface area (Å²) in [6.07, 6.45) is 5.41. The summed E-state index contributed by atoms with van der Waals surface area (Å²) in [5.74, 6) is 0.804. The van der Waals surface area contributed by atoms with Gasteiger partial charge >= 0.3 is 0 Å². The van der Waals surface area contributed by atoms with Gasteiger partial charge in [0.15, 0.2) is 5.11 Å². The molecular weight excluding hydrogens is 220 g/mol. The average Bonchev–Trinajstić information content (AvgIpc) is 2.34.